The molecule has 1 unspecified atom stereocenters. The molecule has 2 fully saturated rings. The molecule has 2 aromatic rings. The maximum absolute atomic E-state index is 13.4. The van der Waals surface area contributed by atoms with E-state index in [1.54, 1.807) is 24.3 Å². The molecule has 8 nitrogen and oxygen atoms in total. The molecule has 4 heterocycles. The van der Waals surface area contributed by atoms with E-state index in [2.05, 4.69) is 10.3 Å². The molecule has 2 aliphatic heterocycles. The van der Waals surface area contributed by atoms with E-state index in [1.807, 2.05) is 19.1 Å². The molecule has 0 saturated carbocycles. The Hall–Kier alpha value is -2.27. The Kier molecular flexibility index (Phi) is 7.24. The quantitative estimate of drug-likeness (QED) is 0.355. The summed E-state index contributed by atoms with van der Waals surface area (Å²) >= 11 is 6.60. The summed E-state index contributed by atoms with van der Waals surface area (Å²) < 4.78 is 12.8. The number of amides is 1. The summed E-state index contributed by atoms with van der Waals surface area (Å²) in [4.78, 5) is 33.0. The Morgan fingerprint density at radius 2 is 2.25 bits per heavy atom. The third-order valence-electron chi connectivity index (χ3n) is 5.41. The van der Waals surface area contributed by atoms with Crippen LogP contribution in [0.15, 0.2) is 28.0 Å². The lowest BCUT2D eigenvalue weighted by molar-refractivity contribution is -0.122. The van der Waals surface area contributed by atoms with Crippen LogP contribution >= 0.6 is 24.0 Å². The fraction of sp³-hybridized carbons (Fsp3) is 0.455. The first-order valence-corrected chi connectivity index (χ1v) is 11.8. The monoisotopic (exact) mass is 474 g/mol. The van der Waals surface area contributed by atoms with E-state index in [-0.39, 0.29) is 17.6 Å². The first kappa shape index (κ1) is 22.9. The number of aromatic nitrogens is 2. The number of thiocarbonyl (C=S) groups is 1. The number of hydrogen-bond donors (Lipinski definition) is 1. The predicted octanol–water partition coefficient (Wildman–Crippen LogP) is 2.83. The second-order valence-corrected chi connectivity index (χ2v) is 9.49. The second-order valence-electron chi connectivity index (χ2n) is 7.81. The molecule has 1 N–H and O–H groups in total. The van der Waals surface area contributed by atoms with Crippen molar-refractivity contribution in [2.75, 3.05) is 38.7 Å². The molecule has 0 aliphatic carbocycles. The average molecular weight is 475 g/mol. The van der Waals surface area contributed by atoms with Crippen LogP contribution in [-0.4, -0.2) is 64.0 Å². The standard InChI is InChI=1S/C22H26N4O4S2/c1-14-6-7-18-24-19(23-12-15-5-3-10-30-15)16(20(27)26(18)13-14)11-17-21(28)25(22(31)32-17)8-4-9-29-2/h6-7,11,13,15,23H,3-5,8-10,12H2,1-2H3. The Bertz CT molecular complexity index is 1120. The molecule has 0 radical (unpaired) electrons. The number of anilines is 1. The van der Waals surface area contributed by atoms with Gasteiger partial charge in [-0.2, -0.15) is 0 Å². The molecule has 0 bridgehead atoms. The number of ether oxygens (including phenoxy) is 2. The van der Waals surface area contributed by atoms with Crippen molar-refractivity contribution in [1.82, 2.24) is 14.3 Å². The number of methoxy groups -OCH3 is 1. The summed E-state index contributed by atoms with van der Waals surface area (Å²) in [7, 11) is 1.62. The van der Waals surface area contributed by atoms with Gasteiger partial charge < -0.3 is 14.8 Å². The van der Waals surface area contributed by atoms with Crippen molar-refractivity contribution in [2.45, 2.75) is 32.3 Å². The normalized spacial score (nSPS) is 20.1. The van der Waals surface area contributed by atoms with Gasteiger partial charge in [-0.3, -0.25) is 18.9 Å². The van der Waals surface area contributed by atoms with Gasteiger partial charge in [0, 0.05) is 39.6 Å². The van der Waals surface area contributed by atoms with Crippen LogP contribution in [0.1, 0.15) is 30.4 Å². The number of nitrogens with zero attached hydrogens (tertiary/aromatic N) is 3. The van der Waals surface area contributed by atoms with Crippen molar-refractivity contribution in [1.29, 1.82) is 0 Å². The van der Waals surface area contributed by atoms with Gasteiger partial charge in [0.25, 0.3) is 11.5 Å². The largest absolute Gasteiger partial charge is 0.385 e. The van der Waals surface area contributed by atoms with Gasteiger partial charge in [-0.25, -0.2) is 4.98 Å². The second kappa shape index (κ2) is 10.1. The summed E-state index contributed by atoms with van der Waals surface area (Å²) in [5.41, 5.74) is 1.58. The number of carbonyl (C=O) groups excluding carboxylic acids is 1. The highest BCUT2D eigenvalue weighted by molar-refractivity contribution is 8.26. The zero-order valence-electron chi connectivity index (χ0n) is 18.1. The summed E-state index contributed by atoms with van der Waals surface area (Å²) in [6, 6.07) is 3.73. The third-order valence-corrected chi connectivity index (χ3v) is 6.78. The molecule has 2 aromatic heterocycles. The fourth-order valence-corrected chi connectivity index (χ4v) is 5.02. The zero-order valence-corrected chi connectivity index (χ0v) is 19.8. The molecule has 1 amide bonds. The summed E-state index contributed by atoms with van der Waals surface area (Å²) in [5, 5.41) is 3.28. The lowest BCUT2D eigenvalue weighted by Crippen LogP contribution is -2.29. The highest BCUT2D eigenvalue weighted by atomic mass is 32.2. The lowest BCUT2D eigenvalue weighted by Gasteiger charge is -2.15. The van der Waals surface area contributed by atoms with Gasteiger partial charge in [0.15, 0.2) is 0 Å². The van der Waals surface area contributed by atoms with E-state index in [1.165, 1.54) is 16.2 Å². The topological polar surface area (TPSA) is 85.2 Å². The molecule has 1 atom stereocenters. The number of thioether (sulfide) groups is 1. The SMILES string of the molecule is COCCCN1C(=O)C(=Cc2c(NCC3CCCO3)nc3ccc(C)cn3c2=O)SC1=S. The molecule has 2 saturated heterocycles. The van der Waals surface area contributed by atoms with E-state index in [0.29, 0.717) is 52.4 Å². The Labute approximate surface area is 196 Å². The first-order valence-electron chi connectivity index (χ1n) is 10.6. The zero-order chi connectivity index (χ0) is 22.7. The Morgan fingerprint density at radius 1 is 1.41 bits per heavy atom. The van der Waals surface area contributed by atoms with Gasteiger partial charge >= 0.3 is 0 Å². The van der Waals surface area contributed by atoms with E-state index in [0.717, 1.165) is 25.0 Å². The minimum absolute atomic E-state index is 0.0834. The number of rotatable bonds is 8. The summed E-state index contributed by atoms with van der Waals surface area (Å²) in [5.74, 6) is 0.244. The highest BCUT2D eigenvalue weighted by Gasteiger charge is 2.32. The Balaban J connectivity index is 1.70. The number of aryl methyl sites for hydroxylation is 1. The molecule has 0 spiro atoms. The van der Waals surface area contributed by atoms with Crippen molar-refractivity contribution in [3.63, 3.8) is 0 Å². The van der Waals surface area contributed by atoms with E-state index < -0.39 is 0 Å². The summed E-state index contributed by atoms with van der Waals surface area (Å²) in [6.45, 7) is 4.24. The molecular weight excluding hydrogens is 448 g/mol. The minimum atomic E-state index is -0.238. The molecule has 32 heavy (non-hydrogen) atoms. The van der Waals surface area contributed by atoms with Crippen molar-refractivity contribution >= 4 is 51.7 Å². The van der Waals surface area contributed by atoms with Crippen molar-refractivity contribution in [3.8, 4) is 0 Å². The minimum Gasteiger partial charge on any atom is -0.385 e. The molecule has 170 valence electrons. The average Bonchev–Trinajstić information content (AvgIpc) is 3.38. The van der Waals surface area contributed by atoms with Crippen LogP contribution in [0.4, 0.5) is 5.82 Å². The first-order chi connectivity index (χ1) is 15.5. The van der Waals surface area contributed by atoms with Crippen LogP contribution in [0.5, 0.6) is 0 Å². The molecular formula is C22H26N4O4S2. The van der Waals surface area contributed by atoms with Crippen LogP contribution in [0, 0.1) is 6.92 Å². The molecule has 2 aliphatic rings. The van der Waals surface area contributed by atoms with Gasteiger partial charge in [-0.15, -0.1) is 0 Å². The van der Waals surface area contributed by atoms with E-state index in [4.69, 9.17) is 21.7 Å². The van der Waals surface area contributed by atoms with Crippen molar-refractivity contribution in [2.24, 2.45) is 0 Å². The van der Waals surface area contributed by atoms with Crippen LogP contribution in [0.3, 0.4) is 0 Å². The fourth-order valence-electron chi connectivity index (χ4n) is 3.73. The van der Waals surface area contributed by atoms with Crippen LogP contribution in [-0.2, 0) is 14.3 Å². The number of fused-ring (bicyclic) bond motifs is 1. The van der Waals surface area contributed by atoms with Gasteiger partial charge in [0.2, 0.25) is 0 Å². The van der Waals surface area contributed by atoms with Crippen molar-refractivity contribution < 1.29 is 14.3 Å². The number of carbonyl (C=O) groups is 1. The number of hydrogen-bond acceptors (Lipinski definition) is 8. The Morgan fingerprint density at radius 3 is 3.00 bits per heavy atom. The molecule has 10 heteroatoms. The van der Waals surface area contributed by atoms with Gasteiger partial charge in [-0.05, 0) is 43.9 Å². The van der Waals surface area contributed by atoms with Gasteiger partial charge in [0.05, 0.1) is 16.6 Å². The molecule has 4 rings (SSSR count). The van der Waals surface area contributed by atoms with Crippen LogP contribution < -0.4 is 10.9 Å². The number of nitrogens with one attached hydrogen (secondary N) is 1. The maximum Gasteiger partial charge on any atom is 0.267 e. The van der Waals surface area contributed by atoms with Gasteiger partial charge in [0.1, 0.15) is 15.8 Å². The maximum atomic E-state index is 13.4. The van der Waals surface area contributed by atoms with Crippen molar-refractivity contribution in [3.05, 3.63) is 44.7 Å². The van der Waals surface area contributed by atoms with E-state index in [9.17, 15) is 9.59 Å². The van der Waals surface area contributed by atoms with Crippen LogP contribution in [0.25, 0.3) is 11.7 Å². The molecule has 0 aromatic carbocycles. The summed E-state index contributed by atoms with van der Waals surface area (Å²) in [6.07, 6.45) is 6.12. The predicted molar refractivity (Wildman–Crippen MR) is 130 cm³/mol. The van der Waals surface area contributed by atoms with Gasteiger partial charge in [-0.1, -0.05) is 30.0 Å². The smallest absolute Gasteiger partial charge is 0.267 e. The lowest BCUT2D eigenvalue weighted by atomic mass is 10.2. The van der Waals surface area contributed by atoms with Crippen LogP contribution in [0.2, 0.25) is 0 Å². The highest BCUT2D eigenvalue weighted by Crippen LogP contribution is 2.33. The third kappa shape index (κ3) is 4.88. The number of pyridine rings is 1. The van der Waals surface area contributed by atoms with E-state index >= 15 is 0 Å².